The summed E-state index contributed by atoms with van der Waals surface area (Å²) in [5, 5.41) is 15.6. The van der Waals surface area contributed by atoms with Gasteiger partial charge < -0.3 is 9.47 Å². The fraction of sp³-hybridized carbons (Fsp3) is 0.0571. The molecule has 46 heavy (non-hydrogen) atoms. The summed E-state index contributed by atoms with van der Waals surface area (Å²) in [6.07, 6.45) is 1.39. The van der Waals surface area contributed by atoms with Gasteiger partial charge in [0.2, 0.25) is 0 Å². The second-order valence-electron chi connectivity index (χ2n) is 10.3. The van der Waals surface area contributed by atoms with Crippen LogP contribution in [0.2, 0.25) is 5.02 Å². The second kappa shape index (κ2) is 12.9. The third-order valence-electron chi connectivity index (χ3n) is 7.25. The van der Waals surface area contributed by atoms with Crippen LogP contribution in [0.1, 0.15) is 16.7 Å². The Bertz CT molecular complexity index is 2030. The van der Waals surface area contributed by atoms with Gasteiger partial charge in [0.15, 0.2) is 0 Å². The van der Waals surface area contributed by atoms with Crippen LogP contribution in [0.25, 0.3) is 16.8 Å². The summed E-state index contributed by atoms with van der Waals surface area (Å²) in [6.45, 7) is 0.283. The largest absolute Gasteiger partial charge is 0.489 e. The van der Waals surface area contributed by atoms with Gasteiger partial charge in [0.25, 0.3) is 17.5 Å². The molecule has 1 aliphatic rings. The molecule has 1 N–H and O–H groups in total. The molecule has 1 heterocycles. The highest BCUT2D eigenvalue weighted by atomic mass is 35.5. The molecule has 0 aromatic heterocycles. The Morgan fingerprint density at radius 2 is 1.54 bits per heavy atom. The molecule has 0 saturated carbocycles. The lowest BCUT2D eigenvalue weighted by molar-refractivity contribution is -0.384. The number of fused-ring (bicyclic) bond motifs is 1. The molecule has 10 nitrogen and oxygen atoms in total. The highest BCUT2D eigenvalue weighted by Crippen LogP contribution is 2.33. The molecule has 0 aliphatic carbocycles. The summed E-state index contributed by atoms with van der Waals surface area (Å²) in [5.41, 5.74) is 1.79. The molecule has 0 atom stereocenters. The molecule has 1 saturated heterocycles. The number of hydrogen-bond acceptors (Lipinski definition) is 7. The van der Waals surface area contributed by atoms with Gasteiger partial charge in [0, 0.05) is 22.7 Å². The van der Waals surface area contributed by atoms with Crippen molar-refractivity contribution >= 4 is 57.7 Å². The number of nitro benzene ring substituents is 1. The van der Waals surface area contributed by atoms with E-state index in [4.69, 9.17) is 21.1 Å². The van der Waals surface area contributed by atoms with E-state index in [1.807, 2.05) is 42.5 Å². The van der Waals surface area contributed by atoms with E-state index < -0.39 is 22.8 Å². The molecule has 0 spiro atoms. The summed E-state index contributed by atoms with van der Waals surface area (Å²) >= 11 is 5.94. The van der Waals surface area contributed by atoms with Crippen molar-refractivity contribution in [3.05, 3.63) is 147 Å². The van der Waals surface area contributed by atoms with Crippen LogP contribution in [0.15, 0.2) is 115 Å². The lowest BCUT2D eigenvalue weighted by Gasteiger charge is -2.26. The van der Waals surface area contributed by atoms with Crippen molar-refractivity contribution in [3.63, 3.8) is 0 Å². The topological polar surface area (TPSA) is 128 Å². The number of ether oxygens (including phenoxy) is 2. The van der Waals surface area contributed by atoms with Gasteiger partial charge in [0.1, 0.15) is 30.3 Å². The summed E-state index contributed by atoms with van der Waals surface area (Å²) in [6, 6.07) is 29.6. The highest BCUT2D eigenvalue weighted by Gasteiger charge is 2.37. The van der Waals surface area contributed by atoms with Crippen LogP contribution in [-0.4, -0.2) is 22.8 Å². The van der Waals surface area contributed by atoms with Crippen LogP contribution >= 0.6 is 11.6 Å². The minimum absolute atomic E-state index is 0.00656. The SMILES string of the molecule is O=C1NC(=O)N(c2ccc(OCc3ccc(Cl)cc3)cc2)C(=O)/C1=C/c1c(OCc2cccc([N+](=O)[O-])c2)ccc2ccccc12. The molecule has 228 valence electrons. The fourth-order valence-electron chi connectivity index (χ4n) is 4.95. The maximum Gasteiger partial charge on any atom is 0.335 e. The Morgan fingerprint density at radius 3 is 2.30 bits per heavy atom. The Labute approximate surface area is 267 Å². The first kappa shape index (κ1) is 30.0. The molecule has 5 aromatic carbocycles. The standard InChI is InChI=1S/C35H24ClN3O7/c36-25-11-8-22(9-12-25)20-45-28-15-13-26(14-16-28)38-34(41)31(33(40)37-35(38)42)19-30-29-7-2-1-5-24(29)10-17-32(30)46-21-23-4-3-6-27(18-23)39(43)44/h1-19H,20-21H2,(H,37,40,42)/b31-19+. The number of rotatable bonds is 9. The van der Waals surface area contributed by atoms with Crippen LogP contribution in [0.5, 0.6) is 11.5 Å². The van der Waals surface area contributed by atoms with E-state index >= 15 is 0 Å². The Hall–Kier alpha value is -6.00. The van der Waals surface area contributed by atoms with E-state index in [1.165, 1.54) is 18.2 Å². The third-order valence-corrected chi connectivity index (χ3v) is 7.50. The van der Waals surface area contributed by atoms with E-state index in [-0.39, 0.29) is 30.2 Å². The van der Waals surface area contributed by atoms with Crippen molar-refractivity contribution < 1.29 is 28.8 Å². The lowest BCUT2D eigenvalue weighted by atomic mass is 9.99. The van der Waals surface area contributed by atoms with Crippen LogP contribution in [0, 0.1) is 10.1 Å². The Morgan fingerprint density at radius 1 is 0.804 bits per heavy atom. The molecular formula is C35H24ClN3O7. The molecule has 6 rings (SSSR count). The van der Waals surface area contributed by atoms with Gasteiger partial charge in [-0.3, -0.25) is 25.0 Å². The van der Waals surface area contributed by atoms with Gasteiger partial charge in [-0.2, -0.15) is 0 Å². The summed E-state index contributed by atoms with van der Waals surface area (Å²) < 4.78 is 11.9. The van der Waals surface area contributed by atoms with E-state index in [0.717, 1.165) is 15.8 Å². The fourth-order valence-corrected chi connectivity index (χ4v) is 5.07. The smallest absolute Gasteiger partial charge is 0.335 e. The second-order valence-corrected chi connectivity index (χ2v) is 10.7. The molecule has 0 unspecified atom stereocenters. The summed E-state index contributed by atoms with van der Waals surface area (Å²) in [5.74, 6) is -0.825. The van der Waals surface area contributed by atoms with Gasteiger partial charge in [-0.15, -0.1) is 0 Å². The number of urea groups is 1. The van der Waals surface area contributed by atoms with Gasteiger partial charge in [-0.05, 0) is 70.4 Å². The van der Waals surface area contributed by atoms with Crippen LogP contribution < -0.4 is 19.7 Å². The molecule has 11 heteroatoms. The maximum absolute atomic E-state index is 13.7. The first-order valence-electron chi connectivity index (χ1n) is 14.0. The Balaban J connectivity index is 1.28. The highest BCUT2D eigenvalue weighted by molar-refractivity contribution is 6.39. The molecule has 4 amide bonds. The first-order valence-corrected chi connectivity index (χ1v) is 14.4. The minimum Gasteiger partial charge on any atom is -0.489 e. The number of nitrogens with one attached hydrogen (secondary N) is 1. The van der Waals surface area contributed by atoms with E-state index in [1.54, 1.807) is 54.6 Å². The number of hydrogen-bond donors (Lipinski definition) is 1. The average molecular weight is 634 g/mol. The molecule has 1 fully saturated rings. The van der Waals surface area contributed by atoms with Gasteiger partial charge in [-0.25, -0.2) is 9.69 Å². The van der Waals surface area contributed by atoms with Crippen molar-refractivity contribution in [2.75, 3.05) is 4.90 Å². The summed E-state index contributed by atoms with van der Waals surface area (Å²) in [4.78, 5) is 51.3. The number of barbiturate groups is 1. The van der Waals surface area contributed by atoms with E-state index in [2.05, 4.69) is 5.32 Å². The maximum atomic E-state index is 13.7. The molecule has 0 radical (unpaired) electrons. The number of amides is 4. The predicted octanol–water partition coefficient (Wildman–Crippen LogP) is 7.23. The number of nitro groups is 1. The van der Waals surface area contributed by atoms with Crippen molar-refractivity contribution in [2.24, 2.45) is 0 Å². The van der Waals surface area contributed by atoms with Gasteiger partial charge >= 0.3 is 6.03 Å². The first-order chi connectivity index (χ1) is 22.3. The number of carbonyl (C=O) groups is 3. The predicted molar refractivity (Wildman–Crippen MR) is 173 cm³/mol. The lowest BCUT2D eigenvalue weighted by Crippen LogP contribution is -2.54. The van der Waals surface area contributed by atoms with Gasteiger partial charge in [-0.1, -0.05) is 66.2 Å². The van der Waals surface area contributed by atoms with E-state index in [9.17, 15) is 24.5 Å². The number of benzene rings is 5. The van der Waals surface area contributed by atoms with E-state index in [0.29, 0.717) is 33.0 Å². The zero-order chi connectivity index (χ0) is 32.2. The molecular weight excluding hydrogens is 610 g/mol. The molecule has 5 aromatic rings. The third kappa shape index (κ3) is 6.42. The minimum atomic E-state index is -0.887. The summed E-state index contributed by atoms with van der Waals surface area (Å²) in [7, 11) is 0. The number of carbonyl (C=O) groups excluding carboxylic acids is 3. The van der Waals surface area contributed by atoms with Crippen molar-refractivity contribution in [1.29, 1.82) is 0 Å². The monoisotopic (exact) mass is 633 g/mol. The molecule has 0 bridgehead atoms. The Kier molecular flexibility index (Phi) is 8.44. The van der Waals surface area contributed by atoms with Crippen LogP contribution in [0.3, 0.4) is 0 Å². The van der Waals surface area contributed by atoms with Crippen molar-refractivity contribution in [3.8, 4) is 11.5 Å². The van der Waals surface area contributed by atoms with Gasteiger partial charge in [0.05, 0.1) is 10.6 Å². The number of nitrogens with zero attached hydrogens (tertiary/aromatic N) is 2. The van der Waals surface area contributed by atoms with Crippen molar-refractivity contribution in [1.82, 2.24) is 5.32 Å². The quantitative estimate of drug-likeness (QED) is 0.0785. The normalized spacial score (nSPS) is 14.0. The van der Waals surface area contributed by atoms with Crippen molar-refractivity contribution in [2.45, 2.75) is 13.2 Å². The number of anilines is 1. The average Bonchev–Trinajstić information content (AvgIpc) is 3.06. The zero-order valence-corrected chi connectivity index (χ0v) is 24.8. The molecule has 1 aliphatic heterocycles. The number of halogens is 1. The number of non-ortho nitro benzene ring substituents is 1. The number of imide groups is 2. The zero-order valence-electron chi connectivity index (χ0n) is 24.0. The van der Waals surface area contributed by atoms with Crippen LogP contribution in [-0.2, 0) is 22.8 Å². The van der Waals surface area contributed by atoms with Crippen LogP contribution in [0.4, 0.5) is 16.2 Å².